The maximum atomic E-state index is 13.5. The molecular formula is C22H19Cl2N3O4S. The molecule has 7 nitrogen and oxygen atoms in total. The zero-order valence-electron chi connectivity index (χ0n) is 17.2. The lowest BCUT2D eigenvalue weighted by atomic mass is 10.1. The molecular weight excluding hydrogens is 473 g/mol. The number of nitrogens with zero attached hydrogens (tertiary/aromatic N) is 2. The van der Waals surface area contributed by atoms with Crippen LogP contribution in [0, 0.1) is 6.92 Å². The van der Waals surface area contributed by atoms with Crippen molar-refractivity contribution in [2.24, 2.45) is 0 Å². The van der Waals surface area contributed by atoms with E-state index in [9.17, 15) is 13.2 Å². The highest BCUT2D eigenvalue weighted by Crippen LogP contribution is 2.35. The van der Waals surface area contributed by atoms with E-state index in [2.05, 4.69) is 9.71 Å². The summed E-state index contributed by atoms with van der Waals surface area (Å²) in [4.78, 5) is 19.2. The Hall–Kier alpha value is -2.81. The van der Waals surface area contributed by atoms with E-state index in [4.69, 9.17) is 27.9 Å². The van der Waals surface area contributed by atoms with Crippen LogP contribution in [0.2, 0.25) is 10.0 Å². The van der Waals surface area contributed by atoms with Gasteiger partial charge in [-0.05, 0) is 55.8 Å². The van der Waals surface area contributed by atoms with Crippen LogP contribution in [0.4, 0.5) is 11.4 Å². The molecule has 1 aliphatic heterocycles. The van der Waals surface area contributed by atoms with Crippen molar-refractivity contribution in [3.05, 3.63) is 76.0 Å². The minimum Gasteiger partial charge on any atom is -0.489 e. The molecule has 0 saturated carbocycles. The molecule has 1 unspecified atom stereocenters. The number of para-hydroxylation sites is 2. The van der Waals surface area contributed by atoms with E-state index in [0.29, 0.717) is 28.6 Å². The Morgan fingerprint density at radius 2 is 1.94 bits per heavy atom. The fourth-order valence-electron chi connectivity index (χ4n) is 3.40. The molecule has 1 aliphatic rings. The first-order valence-corrected chi connectivity index (χ1v) is 11.9. The van der Waals surface area contributed by atoms with Crippen LogP contribution in [0.5, 0.6) is 5.75 Å². The van der Waals surface area contributed by atoms with Crippen LogP contribution in [0.3, 0.4) is 0 Å². The van der Waals surface area contributed by atoms with Crippen molar-refractivity contribution >= 4 is 50.5 Å². The van der Waals surface area contributed by atoms with E-state index in [1.807, 2.05) is 13.0 Å². The number of hydrogen-bond donors (Lipinski definition) is 1. The van der Waals surface area contributed by atoms with E-state index in [1.54, 1.807) is 30.0 Å². The molecule has 1 aromatic heterocycles. The second-order valence-electron chi connectivity index (χ2n) is 7.37. The molecule has 1 atom stereocenters. The molecule has 1 N–H and O–H groups in total. The fraction of sp³-hybridized carbons (Fsp3) is 0.182. The molecule has 166 valence electrons. The van der Waals surface area contributed by atoms with Crippen molar-refractivity contribution in [3.8, 4) is 5.75 Å². The lowest BCUT2D eigenvalue weighted by Gasteiger charge is -2.35. The van der Waals surface area contributed by atoms with Gasteiger partial charge >= 0.3 is 0 Å². The Balaban J connectivity index is 1.75. The highest BCUT2D eigenvalue weighted by molar-refractivity contribution is 7.92. The van der Waals surface area contributed by atoms with E-state index in [0.717, 1.165) is 0 Å². The third kappa shape index (κ3) is 4.26. The second kappa shape index (κ2) is 8.61. The number of nitrogens with one attached hydrogen (secondary N) is 1. The summed E-state index contributed by atoms with van der Waals surface area (Å²) >= 11 is 12.1. The third-order valence-corrected chi connectivity index (χ3v) is 7.00. The molecule has 0 fully saturated rings. The van der Waals surface area contributed by atoms with Crippen molar-refractivity contribution in [2.75, 3.05) is 16.2 Å². The number of halogens is 2. The van der Waals surface area contributed by atoms with Gasteiger partial charge in [0.05, 0.1) is 27.3 Å². The minimum atomic E-state index is -4.03. The molecule has 0 bridgehead atoms. The van der Waals surface area contributed by atoms with Gasteiger partial charge in [0.15, 0.2) is 5.69 Å². The van der Waals surface area contributed by atoms with Crippen LogP contribution >= 0.6 is 23.2 Å². The zero-order valence-corrected chi connectivity index (χ0v) is 19.5. The van der Waals surface area contributed by atoms with Crippen molar-refractivity contribution in [1.82, 2.24) is 4.98 Å². The van der Waals surface area contributed by atoms with Gasteiger partial charge in [0.2, 0.25) is 0 Å². The van der Waals surface area contributed by atoms with Crippen LogP contribution < -0.4 is 14.4 Å². The molecule has 2 heterocycles. The Morgan fingerprint density at radius 3 is 2.69 bits per heavy atom. The number of hydrogen-bond acceptors (Lipinski definition) is 5. The lowest BCUT2D eigenvalue weighted by molar-refractivity contribution is 0.0957. The van der Waals surface area contributed by atoms with Gasteiger partial charge in [0, 0.05) is 11.2 Å². The summed E-state index contributed by atoms with van der Waals surface area (Å²) in [5.74, 6) is 0.0848. The number of aryl methyl sites for hydroxylation is 1. The second-order valence-corrected chi connectivity index (χ2v) is 9.90. The van der Waals surface area contributed by atoms with Crippen LogP contribution in [0.1, 0.15) is 23.0 Å². The van der Waals surface area contributed by atoms with Gasteiger partial charge in [-0.25, -0.2) is 13.4 Å². The number of carbonyl (C=O) groups excluding carboxylic acids is 1. The number of sulfonamides is 1. The quantitative estimate of drug-likeness (QED) is 0.558. The van der Waals surface area contributed by atoms with Crippen LogP contribution in [-0.4, -0.2) is 32.0 Å². The highest BCUT2D eigenvalue weighted by Gasteiger charge is 2.33. The standard InChI is InChI=1S/C22H19Cl2N3O4S/c1-13-9-16(7-8-17(13)24)32(29,30)26-18-10-15(23)11-25-21(18)22(28)27-14(2)12-31-20-6-4-3-5-19(20)27/h3-11,14,26H,12H2,1-2H3. The van der Waals surface area contributed by atoms with E-state index < -0.39 is 15.9 Å². The molecule has 0 spiro atoms. The van der Waals surface area contributed by atoms with Crippen molar-refractivity contribution in [3.63, 3.8) is 0 Å². The Morgan fingerprint density at radius 1 is 1.19 bits per heavy atom. The largest absolute Gasteiger partial charge is 0.489 e. The first kappa shape index (κ1) is 22.4. The first-order chi connectivity index (χ1) is 15.2. The average molecular weight is 492 g/mol. The monoisotopic (exact) mass is 491 g/mol. The Labute approximate surface area is 196 Å². The molecule has 10 heteroatoms. The number of pyridine rings is 1. The van der Waals surface area contributed by atoms with Gasteiger partial charge in [-0.2, -0.15) is 0 Å². The Kier molecular flexibility index (Phi) is 6.03. The number of carbonyl (C=O) groups is 1. The molecule has 1 amide bonds. The molecule has 0 radical (unpaired) electrons. The van der Waals surface area contributed by atoms with E-state index >= 15 is 0 Å². The molecule has 0 saturated heterocycles. The van der Waals surface area contributed by atoms with Crippen molar-refractivity contribution < 1.29 is 17.9 Å². The number of rotatable bonds is 4. The van der Waals surface area contributed by atoms with Crippen molar-refractivity contribution in [1.29, 1.82) is 0 Å². The van der Waals surface area contributed by atoms with Gasteiger partial charge < -0.3 is 4.74 Å². The van der Waals surface area contributed by atoms with Gasteiger partial charge in [-0.3, -0.25) is 14.4 Å². The number of aromatic nitrogens is 1. The summed E-state index contributed by atoms with van der Waals surface area (Å²) in [5.41, 5.74) is 1.09. The number of fused-ring (bicyclic) bond motifs is 1. The predicted octanol–water partition coefficient (Wildman–Crippen LogP) is 4.93. The van der Waals surface area contributed by atoms with Crippen molar-refractivity contribution in [2.45, 2.75) is 24.8 Å². The summed E-state index contributed by atoms with van der Waals surface area (Å²) in [6.45, 7) is 3.83. The summed E-state index contributed by atoms with van der Waals surface area (Å²) in [6.07, 6.45) is 1.30. The number of amides is 1. The van der Waals surface area contributed by atoms with Crippen LogP contribution in [-0.2, 0) is 10.0 Å². The summed E-state index contributed by atoms with van der Waals surface area (Å²) in [7, 11) is -4.03. The number of benzene rings is 2. The zero-order chi connectivity index (χ0) is 23.0. The summed E-state index contributed by atoms with van der Waals surface area (Å²) < 4.78 is 34.2. The molecule has 3 aromatic rings. The fourth-order valence-corrected chi connectivity index (χ4v) is 4.82. The first-order valence-electron chi connectivity index (χ1n) is 9.67. The highest BCUT2D eigenvalue weighted by atomic mass is 35.5. The smallest absolute Gasteiger partial charge is 0.279 e. The summed E-state index contributed by atoms with van der Waals surface area (Å²) in [6, 6.07) is 12.5. The lowest BCUT2D eigenvalue weighted by Crippen LogP contribution is -2.45. The van der Waals surface area contributed by atoms with Gasteiger partial charge in [-0.1, -0.05) is 35.3 Å². The van der Waals surface area contributed by atoms with Gasteiger partial charge in [-0.15, -0.1) is 0 Å². The SMILES string of the molecule is Cc1cc(S(=O)(=O)Nc2cc(Cl)cnc2C(=O)N2c3ccccc3OCC2C)ccc1Cl. The maximum Gasteiger partial charge on any atom is 0.279 e. The molecule has 32 heavy (non-hydrogen) atoms. The normalized spacial score (nSPS) is 15.6. The van der Waals surface area contributed by atoms with Gasteiger partial charge in [0.25, 0.3) is 15.9 Å². The minimum absolute atomic E-state index is 0.00265. The topological polar surface area (TPSA) is 88.6 Å². The van der Waals surface area contributed by atoms with E-state index in [1.165, 1.54) is 30.5 Å². The molecule has 4 rings (SSSR count). The predicted molar refractivity (Wildman–Crippen MR) is 124 cm³/mol. The Bertz CT molecular complexity index is 1310. The molecule has 0 aliphatic carbocycles. The van der Waals surface area contributed by atoms with E-state index in [-0.39, 0.29) is 27.3 Å². The maximum absolute atomic E-state index is 13.5. The van der Waals surface area contributed by atoms with Crippen LogP contribution in [0.25, 0.3) is 0 Å². The average Bonchev–Trinajstić information content (AvgIpc) is 2.75. The third-order valence-electron chi connectivity index (χ3n) is 5.01. The number of anilines is 2. The number of ether oxygens (including phenoxy) is 1. The summed E-state index contributed by atoms with van der Waals surface area (Å²) in [5, 5.41) is 0.631. The van der Waals surface area contributed by atoms with Gasteiger partial charge in [0.1, 0.15) is 12.4 Å². The molecule has 2 aromatic carbocycles. The van der Waals surface area contributed by atoms with Crippen LogP contribution in [0.15, 0.2) is 59.6 Å².